The Bertz CT molecular complexity index is 382. The lowest BCUT2D eigenvalue weighted by atomic mass is 10.1. The molecule has 0 atom stereocenters. The summed E-state index contributed by atoms with van der Waals surface area (Å²) in [5.74, 6) is 0.621. The second kappa shape index (κ2) is 3.93. The molecule has 80 valence electrons. The van der Waals surface area contributed by atoms with E-state index in [9.17, 15) is 4.79 Å². The molecule has 3 nitrogen and oxygen atoms in total. The quantitative estimate of drug-likeness (QED) is 0.696. The largest absolute Gasteiger partial charge is 0.493 e. The molecular formula is C12H14O3. The smallest absolute Gasteiger partial charge is 0.338 e. The van der Waals surface area contributed by atoms with Crippen LogP contribution in [-0.2, 0) is 11.2 Å². The summed E-state index contributed by atoms with van der Waals surface area (Å²) < 4.78 is 10.5. The lowest BCUT2D eigenvalue weighted by Crippen LogP contribution is -2.11. The average molecular weight is 206 g/mol. The highest BCUT2D eigenvalue weighted by Gasteiger charge is 2.16. The van der Waals surface area contributed by atoms with Crippen LogP contribution in [0.15, 0.2) is 18.2 Å². The minimum Gasteiger partial charge on any atom is -0.493 e. The topological polar surface area (TPSA) is 35.5 Å². The van der Waals surface area contributed by atoms with Crippen molar-refractivity contribution in [3.05, 3.63) is 29.3 Å². The summed E-state index contributed by atoms with van der Waals surface area (Å²) in [5, 5.41) is 0. The van der Waals surface area contributed by atoms with E-state index in [0.717, 1.165) is 17.7 Å². The molecule has 1 aliphatic rings. The van der Waals surface area contributed by atoms with Crippen LogP contribution in [0.3, 0.4) is 0 Å². The van der Waals surface area contributed by atoms with Crippen LogP contribution >= 0.6 is 0 Å². The molecule has 0 saturated carbocycles. The van der Waals surface area contributed by atoms with E-state index in [4.69, 9.17) is 9.47 Å². The van der Waals surface area contributed by atoms with Crippen LogP contribution in [0.2, 0.25) is 0 Å². The zero-order valence-corrected chi connectivity index (χ0v) is 8.95. The first kappa shape index (κ1) is 10.0. The van der Waals surface area contributed by atoms with Gasteiger partial charge in [-0.3, -0.25) is 0 Å². The van der Waals surface area contributed by atoms with Crippen LogP contribution in [0.5, 0.6) is 5.75 Å². The van der Waals surface area contributed by atoms with E-state index in [2.05, 4.69) is 0 Å². The van der Waals surface area contributed by atoms with Gasteiger partial charge in [-0.05, 0) is 37.6 Å². The third kappa shape index (κ3) is 2.12. The highest BCUT2D eigenvalue weighted by Crippen LogP contribution is 2.26. The first-order valence-corrected chi connectivity index (χ1v) is 5.13. The molecule has 1 aliphatic heterocycles. The van der Waals surface area contributed by atoms with Gasteiger partial charge in [-0.1, -0.05) is 0 Å². The Kier molecular flexibility index (Phi) is 2.62. The van der Waals surface area contributed by atoms with E-state index in [1.54, 1.807) is 6.07 Å². The zero-order chi connectivity index (χ0) is 10.8. The van der Waals surface area contributed by atoms with Gasteiger partial charge < -0.3 is 9.47 Å². The minimum atomic E-state index is -0.264. The van der Waals surface area contributed by atoms with Crippen LogP contribution in [-0.4, -0.2) is 18.7 Å². The summed E-state index contributed by atoms with van der Waals surface area (Å²) in [5.41, 5.74) is 1.70. The van der Waals surface area contributed by atoms with Crippen molar-refractivity contribution in [2.75, 3.05) is 6.61 Å². The summed E-state index contributed by atoms with van der Waals surface area (Å²) in [4.78, 5) is 11.6. The molecule has 1 aromatic carbocycles. The molecule has 15 heavy (non-hydrogen) atoms. The molecule has 0 aromatic heterocycles. The molecule has 0 bridgehead atoms. The van der Waals surface area contributed by atoms with E-state index in [1.165, 1.54) is 0 Å². The van der Waals surface area contributed by atoms with Gasteiger partial charge in [0.2, 0.25) is 0 Å². The van der Waals surface area contributed by atoms with Crippen LogP contribution < -0.4 is 4.74 Å². The average Bonchev–Trinajstić information content (AvgIpc) is 2.62. The fourth-order valence-corrected chi connectivity index (χ4v) is 1.60. The second-order valence-corrected chi connectivity index (χ2v) is 3.88. The molecule has 3 heteroatoms. The molecule has 0 spiro atoms. The maximum absolute atomic E-state index is 11.6. The van der Waals surface area contributed by atoms with Gasteiger partial charge in [0.1, 0.15) is 5.75 Å². The molecular weight excluding hydrogens is 192 g/mol. The van der Waals surface area contributed by atoms with Crippen LogP contribution in [0.4, 0.5) is 0 Å². The van der Waals surface area contributed by atoms with E-state index in [-0.39, 0.29) is 12.1 Å². The first-order chi connectivity index (χ1) is 7.16. The Labute approximate surface area is 89.0 Å². The number of carbonyl (C=O) groups excluding carboxylic acids is 1. The molecule has 0 radical (unpaired) electrons. The minimum absolute atomic E-state index is 0.0815. The van der Waals surface area contributed by atoms with Gasteiger partial charge in [-0.25, -0.2) is 4.79 Å². The predicted octanol–water partition coefficient (Wildman–Crippen LogP) is 2.19. The summed E-state index contributed by atoms with van der Waals surface area (Å²) in [6.07, 6.45) is 0.792. The van der Waals surface area contributed by atoms with E-state index >= 15 is 0 Å². The Balaban J connectivity index is 2.19. The van der Waals surface area contributed by atoms with Gasteiger partial charge in [0.15, 0.2) is 0 Å². The first-order valence-electron chi connectivity index (χ1n) is 5.13. The van der Waals surface area contributed by atoms with E-state index < -0.39 is 0 Å². The monoisotopic (exact) mass is 206 g/mol. The highest BCUT2D eigenvalue weighted by molar-refractivity contribution is 5.90. The van der Waals surface area contributed by atoms with Crippen molar-refractivity contribution < 1.29 is 14.3 Å². The van der Waals surface area contributed by atoms with E-state index in [0.29, 0.717) is 12.2 Å². The lowest BCUT2D eigenvalue weighted by molar-refractivity contribution is 0.0378. The van der Waals surface area contributed by atoms with Crippen LogP contribution in [0.1, 0.15) is 29.8 Å². The molecule has 2 rings (SSSR count). The number of benzene rings is 1. The van der Waals surface area contributed by atoms with Gasteiger partial charge in [-0.2, -0.15) is 0 Å². The number of hydrogen-bond acceptors (Lipinski definition) is 3. The zero-order valence-electron chi connectivity index (χ0n) is 8.95. The van der Waals surface area contributed by atoms with Gasteiger partial charge >= 0.3 is 5.97 Å². The molecule has 0 aliphatic carbocycles. The molecule has 0 fully saturated rings. The van der Waals surface area contributed by atoms with Crippen molar-refractivity contribution in [1.82, 2.24) is 0 Å². The highest BCUT2D eigenvalue weighted by atomic mass is 16.5. The van der Waals surface area contributed by atoms with Crippen molar-refractivity contribution in [3.63, 3.8) is 0 Å². The molecule has 0 N–H and O–H groups in total. The van der Waals surface area contributed by atoms with Crippen LogP contribution in [0, 0.1) is 0 Å². The van der Waals surface area contributed by atoms with Crippen molar-refractivity contribution in [1.29, 1.82) is 0 Å². The maximum atomic E-state index is 11.6. The number of rotatable bonds is 2. The van der Waals surface area contributed by atoms with E-state index in [1.807, 2.05) is 26.0 Å². The Morgan fingerprint density at radius 3 is 3.00 bits per heavy atom. The molecule has 0 amide bonds. The number of fused-ring (bicyclic) bond motifs is 1. The summed E-state index contributed by atoms with van der Waals surface area (Å²) in [6.45, 7) is 4.39. The third-order valence-electron chi connectivity index (χ3n) is 2.27. The normalized spacial score (nSPS) is 13.5. The van der Waals surface area contributed by atoms with Crippen molar-refractivity contribution >= 4 is 5.97 Å². The lowest BCUT2D eigenvalue weighted by Gasteiger charge is -2.08. The van der Waals surface area contributed by atoms with Gasteiger partial charge in [-0.15, -0.1) is 0 Å². The van der Waals surface area contributed by atoms with Gasteiger partial charge in [0.25, 0.3) is 0 Å². The fraction of sp³-hybridized carbons (Fsp3) is 0.417. The SMILES string of the molecule is CC(C)OC(=O)c1ccc2c(c1)CCO2. The summed E-state index contributed by atoms with van der Waals surface area (Å²) in [6, 6.07) is 5.43. The number of ether oxygens (including phenoxy) is 2. The number of esters is 1. The summed E-state index contributed by atoms with van der Waals surface area (Å²) >= 11 is 0. The maximum Gasteiger partial charge on any atom is 0.338 e. The third-order valence-corrected chi connectivity index (χ3v) is 2.27. The predicted molar refractivity (Wildman–Crippen MR) is 56.2 cm³/mol. The van der Waals surface area contributed by atoms with Gasteiger partial charge in [0, 0.05) is 6.42 Å². The van der Waals surface area contributed by atoms with Crippen molar-refractivity contribution in [2.45, 2.75) is 26.4 Å². The van der Waals surface area contributed by atoms with Gasteiger partial charge in [0.05, 0.1) is 18.3 Å². The number of hydrogen-bond donors (Lipinski definition) is 0. The molecule has 1 heterocycles. The van der Waals surface area contributed by atoms with Crippen molar-refractivity contribution in [2.24, 2.45) is 0 Å². The van der Waals surface area contributed by atoms with Crippen LogP contribution in [0.25, 0.3) is 0 Å². The Hall–Kier alpha value is -1.51. The molecule has 0 saturated heterocycles. The Morgan fingerprint density at radius 1 is 1.47 bits per heavy atom. The summed E-state index contributed by atoms with van der Waals surface area (Å²) in [7, 11) is 0. The van der Waals surface area contributed by atoms with Crippen molar-refractivity contribution in [3.8, 4) is 5.75 Å². The fourth-order valence-electron chi connectivity index (χ4n) is 1.60. The number of carbonyl (C=O) groups is 1. The molecule has 1 aromatic rings. The standard InChI is InChI=1S/C12H14O3/c1-8(2)15-12(13)10-3-4-11-9(7-10)5-6-14-11/h3-4,7-8H,5-6H2,1-2H3. The second-order valence-electron chi connectivity index (χ2n) is 3.88. The Morgan fingerprint density at radius 2 is 2.27 bits per heavy atom. The molecule has 0 unspecified atom stereocenters.